The number of rotatable bonds is 6. The van der Waals surface area contributed by atoms with Crippen LogP contribution in [0.3, 0.4) is 0 Å². The molecule has 0 unspecified atom stereocenters. The van der Waals surface area contributed by atoms with Crippen LogP contribution in [-0.4, -0.2) is 48.2 Å². The number of piperidine rings is 1. The third kappa shape index (κ3) is 4.00. The summed E-state index contributed by atoms with van der Waals surface area (Å²) in [7, 11) is 0. The van der Waals surface area contributed by atoms with Crippen LogP contribution in [0.1, 0.15) is 71.6 Å². The predicted octanol–water partition coefficient (Wildman–Crippen LogP) is 3.85. The quantitative estimate of drug-likeness (QED) is 0.744. The molecule has 0 saturated carbocycles. The van der Waals surface area contributed by atoms with Gasteiger partial charge in [0, 0.05) is 24.9 Å². The van der Waals surface area contributed by atoms with Gasteiger partial charge in [-0.05, 0) is 45.4 Å². The molecular formula is C18H31NO4. The third-order valence-corrected chi connectivity index (χ3v) is 5.55. The fourth-order valence-electron chi connectivity index (χ4n) is 4.39. The minimum Gasteiger partial charge on any atom is -0.446 e. The fraction of sp³-hybridized carbons (Fsp3) is 0.944. The highest BCUT2D eigenvalue weighted by Crippen LogP contribution is 2.35. The highest BCUT2D eigenvalue weighted by atomic mass is 16.7. The smallest absolute Gasteiger partial charge is 0.410 e. The lowest BCUT2D eigenvalue weighted by molar-refractivity contribution is -0.148. The molecule has 0 aromatic carbocycles. The molecule has 3 atom stereocenters. The van der Waals surface area contributed by atoms with Crippen LogP contribution in [0, 0.1) is 0 Å². The molecule has 0 bridgehead atoms. The third-order valence-electron chi connectivity index (χ3n) is 5.55. The van der Waals surface area contributed by atoms with Crippen LogP contribution in [0.25, 0.3) is 0 Å². The number of amides is 1. The minimum atomic E-state index is -0.414. The van der Waals surface area contributed by atoms with E-state index in [9.17, 15) is 4.79 Å². The molecule has 0 aromatic rings. The molecule has 0 radical (unpaired) electrons. The molecule has 5 heteroatoms. The van der Waals surface area contributed by atoms with E-state index < -0.39 is 5.79 Å². The van der Waals surface area contributed by atoms with Crippen molar-refractivity contribution in [2.24, 2.45) is 0 Å². The summed E-state index contributed by atoms with van der Waals surface area (Å²) in [6.45, 7) is 5.56. The van der Waals surface area contributed by atoms with E-state index in [1.165, 1.54) is 6.42 Å². The normalized spacial score (nSPS) is 33.4. The molecule has 3 aliphatic rings. The number of fused-ring (bicyclic) bond motifs is 1. The Balaban J connectivity index is 1.52. The van der Waals surface area contributed by atoms with Crippen molar-refractivity contribution in [1.82, 2.24) is 4.90 Å². The molecule has 132 valence electrons. The first-order valence-electron chi connectivity index (χ1n) is 9.38. The number of hydrogen-bond donors (Lipinski definition) is 0. The van der Waals surface area contributed by atoms with E-state index in [-0.39, 0.29) is 12.2 Å². The van der Waals surface area contributed by atoms with E-state index in [2.05, 4.69) is 6.92 Å². The molecule has 0 N–H and O–H groups in total. The van der Waals surface area contributed by atoms with Crippen molar-refractivity contribution in [3.05, 3.63) is 0 Å². The monoisotopic (exact) mass is 325 g/mol. The Labute approximate surface area is 139 Å². The van der Waals surface area contributed by atoms with Crippen LogP contribution in [-0.2, 0) is 14.2 Å². The van der Waals surface area contributed by atoms with Crippen LogP contribution in [0.5, 0.6) is 0 Å². The van der Waals surface area contributed by atoms with E-state index in [4.69, 9.17) is 14.2 Å². The molecule has 3 saturated heterocycles. The molecule has 3 heterocycles. The van der Waals surface area contributed by atoms with Gasteiger partial charge in [0.1, 0.15) is 6.10 Å². The molecule has 0 aromatic heterocycles. The van der Waals surface area contributed by atoms with Crippen molar-refractivity contribution in [2.75, 3.05) is 13.2 Å². The van der Waals surface area contributed by atoms with Gasteiger partial charge in [0.25, 0.3) is 0 Å². The van der Waals surface area contributed by atoms with Crippen LogP contribution in [0.4, 0.5) is 4.79 Å². The van der Waals surface area contributed by atoms with Gasteiger partial charge < -0.3 is 19.1 Å². The van der Waals surface area contributed by atoms with Gasteiger partial charge in [-0.15, -0.1) is 0 Å². The summed E-state index contributed by atoms with van der Waals surface area (Å²) in [5.41, 5.74) is 0. The van der Waals surface area contributed by atoms with Gasteiger partial charge in [0.2, 0.25) is 0 Å². The Hall–Kier alpha value is -0.810. The second-order valence-electron chi connectivity index (χ2n) is 7.40. The van der Waals surface area contributed by atoms with Gasteiger partial charge in [-0.3, -0.25) is 0 Å². The summed E-state index contributed by atoms with van der Waals surface area (Å²) in [6, 6.07) is 0.718. The summed E-state index contributed by atoms with van der Waals surface area (Å²) >= 11 is 0. The van der Waals surface area contributed by atoms with Crippen LogP contribution < -0.4 is 0 Å². The maximum Gasteiger partial charge on any atom is 0.410 e. The van der Waals surface area contributed by atoms with Crippen molar-refractivity contribution in [2.45, 2.75) is 95.6 Å². The number of cyclic esters (lactones) is 1. The lowest BCUT2D eigenvalue weighted by atomic mass is 9.88. The Morgan fingerprint density at radius 3 is 2.74 bits per heavy atom. The van der Waals surface area contributed by atoms with Crippen molar-refractivity contribution in [3.63, 3.8) is 0 Å². The van der Waals surface area contributed by atoms with Crippen LogP contribution in [0.15, 0.2) is 0 Å². The number of nitrogens with zero attached hydrogens (tertiary/aromatic N) is 1. The SMILES string of the molecule is CCC[C@H]1C[C@H]2CCC[C@H](CCCC3(C)OCCO3)N2C(=O)O1. The van der Waals surface area contributed by atoms with E-state index >= 15 is 0 Å². The van der Waals surface area contributed by atoms with Crippen molar-refractivity contribution >= 4 is 6.09 Å². The lowest BCUT2D eigenvalue weighted by Gasteiger charge is -2.46. The molecule has 3 aliphatic heterocycles. The van der Waals surface area contributed by atoms with E-state index in [0.29, 0.717) is 25.3 Å². The number of ether oxygens (including phenoxy) is 3. The van der Waals surface area contributed by atoms with Crippen LogP contribution in [0.2, 0.25) is 0 Å². The number of carbonyl (C=O) groups excluding carboxylic acids is 1. The van der Waals surface area contributed by atoms with Gasteiger partial charge in [-0.25, -0.2) is 4.79 Å². The highest BCUT2D eigenvalue weighted by Gasteiger charge is 2.41. The molecular weight excluding hydrogens is 294 g/mol. The molecule has 1 amide bonds. The molecule has 5 nitrogen and oxygen atoms in total. The Morgan fingerprint density at radius 2 is 2.00 bits per heavy atom. The molecule has 3 rings (SSSR count). The summed E-state index contributed by atoms with van der Waals surface area (Å²) < 4.78 is 17.0. The summed E-state index contributed by atoms with van der Waals surface area (Å²) in [4.78, 5) is 14.5. The molecule has 0 aliphatic carbocycles. The topological polar surface area (TPSA) is 48.0 Å². The fourth-order valence-corrected chi connectivity index (χ4v) is 4.39. The van der Waals surface area contributed by atoms with Crippen molar-refractivity contribution in [1.29, 1.82) is 0 Å². The standard InChI is InChI=1S/C18H31NO4/c1-3-6-16-13-15-8-4-7-14(19(15)17(20)23-16)9-5-10-18(2)21-11-12-22-18/h14-16H,3-13H2,1-2H3/t14-,15-,16+/m1/s1. The Morgan fingerprint density at radius 1 is 1.22 bits per heavy atom. The van der Waals surface area contributed by atoms with Crippen molar-refractivity contribution in [3.8, 4) is 0 Å². The van der Waals surface area contributed by atoms with Gasteiger partial charge in [-0.2, -0.15) is 0 Å². The van der Waals surface area contributed by atoms with Gasteiger partial charge in [0.15, 0.2) is 5.79 Å². The average Bonchev–Trinajstić information content (AvgIpc) is 2.94. The second-order valence-corrected chi connectivity index (χ2v) is 7.40. The molecule has 23 heavy (non-hydrogen) atoms. The van der Waals surface area contributed by atoms with E-state index in [0.717, 1.165) is 51.4 Å². The zero-order valence-electron chi connectivity index (χ0n) is 14.6. The average molecular weight is 325 g/mol. The Kier molecular flexibility index (Phi) is 5.47. The summed E-state index contributed by atoms with van der Waals surface area (Å²) in [5.74, 6) is -0.414. The van der Waals surface area contributed by atoms with Crippen LogP contribution >= 0.6 is 0 Å². The van der Waals surface area contributed by atoms with E-state index in [1.54, 1.807) is 0 Å². The zero-order chi connectivity index (χ0) is 16.3. The second kappa shape index (κ2) is 7.39. The van der Waals surface area contributed by atoms with Gasteiger partial charge in [0.05, 0.1) is 13.2 Å². The maximum absolute atomic E-state index is 12.5. The Bertz CT molecular complexity index is 408. The lowest BCUT2D eigenvalue weighted by Crippen LogP contribution is -2.55. The summed E-state index contributed by atoms with van der Waals surface area (Å²) in [5, 5.41) is 0. The zero-order valence-corrected chi connectivity index (χ0v) is 14.6. The van der Waals surface area contributed by atoms with E-state index in [1.807, 2.05) is 11.8 Å². The van der Waals surface area contributed by atoms with Gasteiger partial charge >= 0.3 is 6.09 Å². The van der Waals surface area contributed by atoms with Gasteiger partial charge in [-0.1, -0.05) is 13.3 Å². The molecule has 0 spiro atoms. The highest BCUT2D eigenvalue weighted by molar-refractivity contribution is 5.69. The largest absolute Gasteiger partial charge is 0.446 e. The maximum atomic E-state index is 12.5. The summed E-state index contributed by atoms with van der Waals surface area (Å²) in [6.07, 6.45) is 9.54. The molecule has 3 fully saturated rings. The first-order valence-corrected chi connectivity index (χ1v) is 9.38. The predicted molar refractivity (Wildman–Crippen MR) is 87.2 cm³/mol. The minimum absolute atomic E-state index is 0.0796. The van der Waals surface area contributed by atoms with Crippen molar-refractivity contribution < 1.29 is 19.0 Å². The number of carbonyl (C=O) groups is 1. The first-order chi connectivity index (χ1) is 11.1. The number of hydrogen-bond acceptors (Lipinski definition) is 4. The first kappa shape index (κ1) is 17.0.